The zero-order chi connectivity index (χ0) is 35.0. The van der Waals surface area contributed by atoms with Crippen molar-refractivity contribution in [2.75, 3.05) is 53.2 Å². The van der Waals surface area contributed by atoms with Gasteiger partial charge in [0, 0.05) is 6.47 Å². The van der Waals surface area contributed by atoms with Gasteiger partial charge >= 0.3 is 221 Å². The molecular formula is C37H43F3NO6P. The summed E-state index contributed by atoms with van der Waals surface area (Å²) in [5.74, 6) is 0.375. The van der Waals surface area contributed by atoms with E-state index in [4.69, 9.17) is 23.9 Å². The summed E-state index contributed by atoms with van der Waals surface area (Å²) in [5, 5.41) is 11.3. The Hall–Kier alpha value is -4.24. The fourth-order valence-electron chi connectivity index (χ4n) is 5.83. The van der Waals surface area contributed by atoms with E-state index in [1.807, 2.05) is 54.6 Å². The molecule has 0 aromatic heterocycles. The van der Waals surface area contributed by atoms with Gasteiger partial charge in [0.1, 0.15) is 0 Å². The average Bonchev–Trinajstić information content (AvgIpc) is 3.09. The van der Waals surface area contributed by atoms with E-state index in [2.05, 4.69) is 50.5 Å². The molecule has 4 rings (SSSR count). The zero-order valence-electron chi connectivity index (χ0n) is 27.3. The molecule has 48 heavy (non-hydrogen) atoms. The van der Waals surface area contributed by atoms with Crippen LogP contribution >= 0.6 is 6.83 Å². The minimum Gasteiger partial charge on any atom is -0.554 e. The van der Waals surface area contributed by atoms with Gasteiger partial charge in [-0.15, -0.1) is 0 Å². The molecule has 0 bridgehead atoms. The van der Waals surface area contributed by atoms with Gasteiger partial charge in [-0.25, -0.2) is 0 Å². The van der Waals surface area contributed by atoms with Crippen molar-refractivity contribution in [1.82, 2.24) is 0 Å². The minimum atomic E-state index is -4.37. The Morgan fingerprint density at radius 1 is 0.688 bits per heavy atom. The van der Waals surface area contributed by atoms with Crippen LogP contribution in [-0.2, 0) is 25.0 Å². The molecule has 0 saturated heterocycles. The third-order valence-corrected chi connectivity index (χ3v) is 14.2. The number of carbonyl (C=O) groups is 2. The first kappa shape index (κ1) is 38.2. The molecule has 0 saturated carbocycles. The van der Waals surface area contributed by atoms with Crippen LogP contribution in [0.5, 0.6) is 5.75 Å². The maximum absolute atomic E-state index is 12.7. The molecule has 4 aromatic rings. The molecule has 0 spiro atoms. The van der Waals surface area contributed by atoms with Crippen molar-refractivity contribution in [2.24, 2.45) is 0 Å². The Bertz CT molecular complexity index is 1420. The van der Waals surface area contributed by atoms with Gasteiger partial charge in [-0.2, -0.15) is 13.2 Å². The Labute approximate surface area is 280 Å². The van der Waals surface area contributed by atoms with Gasteiger partial charge in [0.15, 0.2) is 0 Å². The second kappa shape index (κ2) is 17.8. The smallest absolute Gasteiger partial charge is 0.554 e. The van der Waals surface area contributed by atoms with Crippen LogP contribution in [-0.4, -0.2) is 70.6 Å². The molecule has 0 N–H and O–H groups in total. The number of nitrogens with zero attached hydrogens (tertiary/aromatic N) is 1. The van der Waals surface area contributed by atoms with Crippen molar-refractivity contribution < 1.29 is 46.3 Å². The fourth-order valence-corrected chi connectivity index (χ4v) is 11.4. The van der Waals surface area contributed by atoms with Gasteiger partial charge in [-0.3, -0.25) is 0 Å². The first-order chi connectivity index (χ1) is 23.0. The van der Waals surface area contributed by atoms with Gasteiger partial charge < -0.3 is 9.90 Å². The van der Waals surface area contributed by atoms with E-state index in [0.29, 0.717) is 31.6 Å². The van der Waals surface area contributed by atoms with Crippen molar-refractivity contribution in [3.8, 4) is 5.75 Å². The summed E-state index contributed by atoms with van der Waals surface area (Å²) in [6.45, 7) is -0.720. The number of quaternary nitrogens is 1. The van der Waals surface area contributed by atoms with Gasteiger partial charge in [-0.1, -0.05) is 0 Å². The number of likely N-dealkylation sites (N-methyl/N-ethyl adjacent to an activating group) is 1. The molecule has 4 aromatic carbocycles. The summed E-state index contributed by atoms with van der Waals surface area (Å²) < 4.78 is 56.8. The number of ether oxygens (including phenoxy) is 2. The number of carboxylic acid groups (broad SMARTS) is 1. The van der Waals surface area contributed by atoms with E-state index in [0.717, 1.165) is 58.5 Å². The summed E-state index contributed by atoms with van der Waals surface area (Å²) in [6.07, 6.45) is -1.93. The van der Waals surface area contributed by atoms with E-state index >= 15 is 0 Å². The van der Waals surface area contributed by atoms with Crippen LogP contribution < -0.4 is 25.8 Å². The average molecular weight is 686 g/mol. The predicted octanol–water partition coefficient (Wildman–Crippen LogP) is 4.94. The Balaban J connectivity index is 0.00000201. The fraction of sp³-hybridized carbons (Fsp3) is 0.297. The topological polar surface area (TPSA) is 84.9 Å². The molecule has 0 heterocycles. The van der Waals surface area contributed by atoms with Crippen molar-refractivity contribution in [1.29, 1.82) is 0 Å². The van der Waals surface area contributed by atoms with Crippen LogP contribution in [0.25, 0.3) is 0 Å². The third kappa shape index (κ3) is 9.66. The number of benzene rings is 4. The van der Waals surface area contributed by atoms with Gasteiger partial charge in [-0.05, 0) is 24.3 Å². The molecule has 0 radical (unpaired) electrons. The first-order valence-corrected chi connectivity index (χ1v) is 17.9. The molecule has 0 aliphatic heterocycles. The van der Waals surface area contributed by atoms with Crippen LogP contribution in [0, 0.1) is 0 Å². The van der Waals surface area contributed by atoms with Gasteiger partial charge in [0.2, 0.25) is 0 Å². The van der Waals surface area contributed by atoms with Crippen LogP contribution in [0.2, 0.25) is 0 Å². The van der Waals surface area contributed by atoms with Gasteiger partial charge in [0.25, 0.3) is 0 Å². The molecule has 7 nitrogen and oxygen atoms in total. The minimum absolute atomic E-state index is 0.251. The molecule has 11 heteroatoms. The summed E-state index contributed by atoms with van der Waals surface area (Å²) >= 11 is 0. The molecule has 0 amide bonds. The van der Waals surface area contributed by atoms with E-state index in [-0.39, 0.29) is 6.61 Å². The molecule has 0 aliphatic rings. The molecular weight excluding hydrogens is 642 g/mol. The van der Waals surface area contributed by atoms with E-state index in [1.54, 1.807) is 0 Å². The van der Waals surface area contributed by atoms with Crippen molar-refractivity contribution in [3.63, 3.8) is 0 Å². The number of hydrogen-bond donors (Lipinski definition) is 0. The molecule has 0 fully saturated rings. The Kier molecular flexibility index (Phi) is 14.2. The summed E-state index contributed by atoms with van der Waals surface area (Å²) in [5.41, 5.74) is -0.703. The monoisotopic (exact) mass is 685 g/mol. The van der Waals surface area contributed by atoms with Crippen LogP contribution in [0.1, 0.15) is 18.4 Å². The van der Waals surface area contributed by atoms with E-state index < -0.39 is 25.0 Å². The van der Waals surface area contributed by atoms with Crippen molar-refractivity contribution in [3.05, 3.63) is 121 Å². The first-order valence-electron chi connectivity index (χ1n) is 15.6. The molecule has 258 valence electrons. The number of alkyl halides is 3. The Morgan fingerprint density at radius 2 is 1.17 bits per heavy atom. The second-order valence-electron chi connectivity index (χ2n) is 11.8. The third-order valence-electron chi connectivity index (χ3n) is 8.30. The van der Waals surface area contributed by atoms with Crippen molar-refractivity contribution >= 4 is 35.7 Å². The molecule has 0 atom stereocenters. The normalized spacial score (nSPS) is 12.5. The summed E-state index contributed by atoms with van der Waals surface area (Å²) in [7, 11) is 4.32. The van der Waals surface area contributed by atoms with Crippen LogP contribution in [0.4, 0.5) is 13.2 Å². The number of unbranched alkanes of at least 4 members (excludes halogenated alkanes) is 1. The number of rotatable bonds is 17. The molecule has 0 unspecified atom stereocenters. The number of carbonyl (C=O) groups excluding carboxylic acids is 2. The zero-order valence-corrected chi connectivity index (χ0v) is 28.2. The predicted molar refractivity (Wildman–Crippen MR) is 182 cm³/mol. The quantitative estimate of drug-likeness (QED) is 0.0678. The van der Waals surface area contributed by atoms with E-state index in [9.17, 15) is 18.0 Å². The SMILES string of the molecule is C[N+](C)(CCCCP(OC=O)(c1ccccc1)(c1ccccc1)c1ccccc1)CCOCCOc1ccc(C(F)(F)F)cc1.O=C[O-]. The molecule has 0 aliphatic carbocycles. The van der Waals surface area contributed by atoms with Gasteiger partial charge in [0.05, 0.1) is 5.56 Å². The van der Waals surface area contributed by atoms with E-state index in [1.165, 1.54) is 12.1 Å². The standard InChI is InChI=1S/C36H42F3NO4P.CH2O2/c1-40(2,25-26-42-27-28-43-32-22-20-31(21-23-32)36(37,38)39)24-12-13-29-45(44-30-41,33-14-6-3-7-15-33,34-16-8-4-9-17-34)35-18-10-5-11-19-35;2-1-3/h3-11,14-23,30H,12-13,24-29H2,1-2H3;1H,(H,2,3)/q+1;/p-1. The Morgan fingerprint density at radius 3 is 1.60 bits per heavy atom. The summed E-state index contributed by atoms with van der Waals surface area (Å²) in [4.78, 5) is 20.7. The maximum atomic E-state index is 12.7. The summed E-state index contributed by atoms with van der Waals surface area (Å²) in [6, 6.07) is 35.1. The number of hydrogen-bond acceptors (Lipinski definition) is 6. The second-order valence-corrected chi connectivity index (χ2v) is 16.4. The van der Waals surface area contributed by atoms with Crippen LogP contribution in [0.3, 0.4) is 0 Å². The van der Waals surface area contributed by atoms with Crippen molar-refractivity contribution in [2.45, 2.75) is 19.0 Å². The number of halogens is 3. The van der Waals surface area contributed by atoms with Crippen LogP contribution in [0.15, 0.2) is 115 Å².